The molecule has 2 unspecified atom stereocenters. The quantitative estimate of drug-likeness (QED) is 0.631. The summed E-state index contributed by atoms with van der Waals surface area (Å²) >= 11 is 8.09. The van der Waals surface area contributed by atoms with Gasteiger partial charge in [-0.15, -0.1) is 22.9 Å². The number of benzene rings is 1. The lowest BCUT2D eigenvalue weighted by molar-refractivity contribution is 0.415. The van der Waals surface area contributed by atoms with Crippen LogP contribution >= 0.6 is 22.9 Å². The van der Waals surface area contributed by atoms with Crippen molar-refractivity contribution in [3.63, 3.8) is 0 Å². The highest BCUT2D eigenvalue weighted by atomic mass is 35.5. The number of halogens is 1. The molecule has 0 saturated heterocycles. The van der Waals surface area contributed by atoms with Crippen molar-refractivity contribution in [1.82, 2.24) is 9.55 Å². The number of thiophene rings is 1. The first-order chi connectivity index (χ1) is 10.1. The molecule has 3 nitrogen and oxygen atoms in total. The first-order valence-corrected chi connectivity index (χ1v) is 8.16. The van der Waals surface area contributed by atoms with Crippen molar-refractivity contribution >= 4 is 34.0 Å². The number of imidazole rings is 1. The molecule has 0 spiro atoms. The summed E-state index contributed by atoms with van der Waals surface area (Å²) in [4.78, 5) is 5.99. The van der Waals surface area contributed by atoms with E-state index in [1.165, 1.54) is 4.88 Å². The Morgan fingerprint density at radius 2 is 2.10 bits per heavy atom. The summed E-state index contributed by atoms with van der Waals surface area (Å²) in [6.45, 7) is 4.13. The molecule has 2 aromatic heterocycles. The van der Waals surface area contributed by atoms with Gasteiger partial charge in [-0.2, -0.15) is 0 Å². The summed E-state index contributed by atoms with van der Waals surface area (Å²) in [5.41, 5.74) is 2.00. The van der Waals surface area contributed by atoms with Crippen LogP contribution in [0.25, 0.3) is 11.0 Å². The van der Waals surface area contributed by atoms with Gasteiger partial charge < -0.3 is 9.30 Å². The maximum Gasteiger partial charge on any atom is 0.128 e. The maximum absolute atomic E-state index is 6.35. The Morgan fingerprint density at radius 1 is 1.29 bits per heavy atom. The molecule has 0 aliphatic heterocycles. The lowest BCUT2D eigenvalue weighted by atomic mass is 10.2. The third-order valence-electron chi connectivity index (χ3n) is 3.62. The van der Waals surface area contributed by atoms with E-state index in [2.05, 4.69) is 29.0 Å². The lowest BCUT2D eigenvalue weighted by Gasteiger charge is -2.17. The van der Waals surface area contributed by atoms with Crippen LogP contribution in [-0.2, 0) is 0 Å². The minimum atomic E-state index is -0.147. The van der Waals surface area contributed by atoms with Gasteiger partial charge in [0.25, 0.3) is 0 Å². The Bertz CT molecular complexity index is 749. The summed E-state index contributed by atoms with van der Waals surface area (Å²) in [5, 5.41) is 1.95. The van der Waals surface area contributed by atoms with Crippen LogP contribution in [-0.4, -0.2) is 16.7 Å². The van der Waals surface area contributed by atoms with Gasteiger partial charge in [-0.1, -0.05) is 6.07 Å². The van der Waals surface area contributed by atoms with Gasteiger partial charge >= 0.3 is 0 Å². The van der Waals surface area contributed by atoms with Crippen LogP contribution in [0.1, 0.15) is 36.0 Å². The van der Waals surface area contributed by atoms with Gasteiger partial charge in [0, 0.05) is 10.9 Å². The van der Waals surface area contributed by atoms with E-state index in [1.54, 1.807) is 18.4 Å². The SMILES string of the molecule is COc1ccc2nc(C(C)Cl)n(C(C)c3cccs3)c2c1. The number of aromatic nitrogens is 2. The molecule has 110 valence electrons. The summed E-state index contributed by atoms with van der Waals surface area (Å²) in [6.07, 6.45) is 0. The Hall–Kier alpha value is -1.52. The molecule has 0 N–H and O–H groups in total. The highest BCUT2D eigenvalue weighted by Gasteiger charge is 2.21. The van der Waals surface area contributed by atoms with E-state index in [9.17, 15) is 0 Å². The fraction of sp³-hybridized carbons (Fsp3) is 0.312. The zero-order valence-electron chi connectivity index (χ0n) is 12.2. The molecule has 0 radical (unpaired) electrons. The van der Waals surface area contributed by atoms with E-state index < -0.39 is 0 Å². The minimum absolute atomic E-state index is 0.147. The van der Waals surface area contributed by atoms with Crippen LogP contribution in [0.4, 0.5) is 0 Å². The van der Waals surface area contributed by atoms with Crippen molar-refractivity contribution in [2.24, 2.45) is 0 Å². The van der Waals surface area contributed by atoms with E-state index in [0.717, 1.165) is 22.6 Å². The van der Waals surface area contributed by atoms with Crippen LogP contribution < -0.4 is 4.74 Å². The van der Waals surface area contributed by atoms with Gasteiger partial charge in [0.2, 0.25) is 0 Å². The Morgan fingerprint density at radius 3 is 2.71 bits per heavy atom. The summed E-state index contributed by atoms with van der Waals surface area (Å²) in [7, 11) is 1.68. The molecule has 2 heterocycles. The first kappa shape index (κ1) is 14.4. The van der Waals surface area contributed by atoms with Crippen molar-refractivity contribution in [2.75, 3.05) is 7.11 Å². The van der Waals surface area contributed by atoms with Gasteiger partial charge in [0.1, 0.15) is 11.6 Å². The van der Waals surface area contributed by atoms with Gasteiger partial charge in [0.05, 0.1) is 29.6 Å². The molecule has 0 amide bonds. The standard InChI is InChI=1S/C16H17ClN2OS/c1-10(17)16-18-13-7-6-12(20-3)9-14(13)19(16)11(2)15-5-4-8-21-15/h4-11H,1-3H3. The number of alkyl halides is 1. The fourth-order valence-corrected chi connectivity index (χ4v) is 3.49. The second kappa shape index (κ2) is 5.70. The van der Waals surface area contributed by atoms with Crippen LogP contribution in [0.2, 0.25) is 0 Å². The highest BCUT2D eigenvalue weighted by molar-refractivity contribution is 7.10. The predicted octanol–water partition coefficient (Wildman–Crippen LogP) is 5.02. The smallest absolute Gasteiger partial charge is 0.128 e. The Kier molecular flexibility index (Phi) is 3.91. The summed E-state index contributed by atoms with van der Waals surface area (Å²) in [6, 6.07) is 10.3. The summed E-state index contributed by atoms with van der Waals surface area (Å²) < 4.78 is 7.56. The molecular weight excluding hydrogens is 304 g/mol. The van der Waals surface area contributed by atoms with Gasteiger partial charge in [-0.25, -0.2) is 4.98 Å². The van der Waals surface area contributed by atoms with E-state index in [0.29, 0.717) is 0 Å². The number of methoxy groups -OCH3 is 1. The molecule has 5 heteroatoms. The minimum Gasteiger partial charge on any atom is -0.497 e. The number of ether oxygens (including phenoxy) is 1. The van der Waals surface area contributed by atoms with Crippen molar-refractivity contribution in [2.45, 2.75) is 25.3 Å². The number of rotatable bonds is 4. The topological polar surface area (TPSA) is 27.1 Å². The number of nitrogens with zero attached hydrogens (tertiary/aromatic N) is 2. The zero-order chi connectivity index (χ0) is 15.0. The number of hydrogen-bond acceptors (Lipinski definition) is 3. The molecule has 0 aliphatic rings. The van der Waals surface area contributed by atoms with E-state index in [4.69, 9.17) is 21.3 Å². The Labute approximate surface area is 133 Å². The van der Waals surface area contributed by atoms with Crippen LogP contribution in [0.15, 0.2) is 35.7 Å². The van der Waals surface area contributed by atoms with E-state index >= 15 is 0 Å². The normalized spacial score (nSPS) is 14.3. The largest absolute Gasteiger partial charge is 0.497 e. The molecule has 1 aromatic carbocycles. The van der Waals surface area contributed by atoms with E-state index in [-0.39, 0.29) is 11.4 Å². The van der Waals surface area contributed by atoms with Gasteiger partial charge in [-0.05, 0) is 37.4 Å². The van der Waals surface area contributed by atoms with Gasteiger partial charge in [0.15, 0.2) is 0 Å². The Balaban J connectivity index is 2.24. The van der Waals surface area contributed by atoms with Crippen molar-refractivity contribution in [3.05, 3.63) is 46.4 Å². The monoisotopic (exact) mass is 320 g/mol. The fourth-order valence-electron chi connectivity index (χ4n) is 2.56. The molecule has 3 rings (SSSR count). The molecule has 0 aliphatic carbocycles. The first-order valence-electron chi connectivity index (χ1n) is 6.85. The molecule has 0 fully saturated rings. The molecule has 2 atom stereocenters. The lowest BCUT2D eigenvalue weighted by Crippen LogP contribution is -2.10. The third-order valence-corrected chi connectivity index (χ3v) is 4.86. The zero-order valence-corrected chi connectivity index (χ0v) is 13.8. The molecule has 21 heavy (non-hydrogen) atoms. The number of hydrogen-bond donors (Lipinski definition) is 0. The van der Waals surface area contributed by atoms with Crippen LogP contribution in [0.5, 0.6) is 5.75 Å². The second-order valence-electron chi connectivity index (χ2n) is 5.00. The molecule has 0 saturated carbocycles. The van der Waals surface area contributed by atoms with E-state index in [1.807, 2.05) is 25.1 Å². The second-order valence-corrected chi connectivity index (χ2v) is 6.64. The third kappa shape index (κ3) is 2.54. The summed E-state index contributed by atoms with van der Waals surface area (Å²) in [5.74, 6) is 1.72. The van der Waals surface area contributed by atoms with Crippen molar-refractivity contribution < 1.29 is 4.74 Å². The van der Waals surface area contributed by atoms with Crippen molar-refractivity contribution in [1.29, 1.82) is 0 Å². The average molecular weight is 321 g/mol. The van der Waals surface area contributed by atoms with Crippen molar-refractivity contribution in [3.8, 4) is 5.75 Å². The predicted molar refractivity (Wildman–Crippen MR) is 88.7 cm³/mol. The highest BCUT2D eigenvalue weighted by Crippen LogP contribution is 2.33. The number of fused-ring (bicyclic) bond motifs is 1. The van der Waals surface area contributed by atoms with Crippen LogP contribution in [0, 0.1) is 0 Å². The maximum atomic E-state index is 6.35. The molecular formula is C16H17ClN2OS. The average Bonchev–Trinajstić information content (AvgIpc) is 3.13. The van der Waals surface area contributed by atoms with Gasteiger partial charge in [-0.3, -0.25) is 0 Å². The molecule has 3 aromatic rings. The van der Waals surface area contributed by atoms with Crippen LogP contribution in [0.3, 0.4) is 0 Å². The molecule has 0 bridgehead atoms.